The Kier molecular flexibility index (Phi) is 7.74. The molecule has 2 aliphatic heterocycles. The fourth-order valence-electron chi connectivity index (χ4n) is 5.49. The fourth-order valence-corrected chi connectivity index (χ4v) is 5.49. The van der Waals surface area contributed by atoms with Gasteiger partial charge in [0.1, 0.15) is 36.0 Å². The quantitative estimate of drug-likeness (QED) is 0.220. The molecule has 5 rings (SSSR count). The van der Waals surface area contributed by atoms with Crippen LogP contribution in [0.1, 0.15) is 25.5 Å². The number of nitrogens with zero attached hydrogens (tertiary/aromatic N) is 7. The van der Waals surface area contributed by atoms with Crippen molar-refractivity contribution in [1.29, 1.82) is 0 Å². The number of nitrogen functional groups attached to an aromatic ring is 1. The number of likely N-dealkylation sites (tertiary alicyclic amines) is 1. The first-order chi connectivity index (χ1) is 19.1. The molecule has 7 N–H and O–H groups in total. The minimum absolute atomic E-state index is 0.0358. The Morgan fingerprint density at radius 3 is 2.58 bits per heavy atom. The van der Waals surface area contributed by atoms with E-state index in [-0.39, 0.29) is 24.8 Å². The lowest BCUT2D eigenvalue weighted by Crippen LogP contribution is -2.53. The van der Waals surface area contributed by atoms with Crippen LogP contribution < -0.4 is 11.5 Å². The summed E-state index contributed by atoms with van der Waals surface area (Å²) in [5.74, 6) is -1.49. The zero-order valence-electron chi connectivity index (χ0n) is 22.4. The number of fused-ring (bicyclic) bond motifs is 1. The van der Waals surface area contributed by atoms with Crippen LogP contribution in [-0.4, -0.2) is 118 Å². The predicted octanol–water partition coefficient (Wildman–Crippen LogP) is -1.24. The van der Waals surface area contributed by atoms with Crippen molar-refractivity contribution in [3.8, 4) is 11.3 Å². The van der Waals surface area contributed by atoms with E-state index in [2.05, 4.69) is 20.0 Å². The standard InChI is InChI=1S/C25H35N9O6/c1-31-7-3-13(4-8-31)33(10-5-15(26)25(38)39)23(37)20-18(35)19(36)24(40-20)34-11-14(16-6-9-32(2)30-16)17-21(27)28-12-29-22(17)34/h6,9,11-13,15,18-20,24,35-36H,3-5,7-8,10,26H2,1-2H3,(H,38,39)(H2,27,28,29)/t15-,18-,19+,20-,24+/m0/s1. The molecule has 2 saturated heterocycles. The molecule has 0 bridgehead atoms. The van der Waals surface area contributed by atoms with Crippen LogP contribution in [0, 0.1) is 0 Å². The van der Waals surface area contributed by atoms with E-state index in [0.29, 0.717) is 35.1 Å². The average Bonchev–Trinajstić information content (AvgIpc) is 3.61. The molecule has 15 heteroatoms. The van der Waals surface area contributed by atoms with E-state index in [1.165, 1.54) is 10.9 Å². The van der Waals surface area contributed by atoms with Crippen molar-refractivity contribution >= 4 is 28.7 Å². The molecule has 2 fully saturated rings. The molecule has 0 radical (unpaired) electrons. The number of nitrogens with two attached hydrogens (primary N) is 2. The number of aliphatic hydroxyl groups excluding tert-OH is 2. The van der Waals surface area contributed by atoms with Crippen LogP contribution in [-0.2, 0) is 21.4 Å². The van der Waals surface area contributed by atoms with Crippen molar-refractivity contribution in [3.63, 3.8) is 0 Å². The van der Waals surface area contributed by atoms with Crippen molar-refractivity contribution in [1.82, 2.24) is 34.1 Å². The van der Waals surface area contributed by atoms with Gasteiger partial charge >= 0.3 is 5.97 Å². The summed E-state index contributed by atoms with van der Waals surface area (Å²) < 4.78 is 9.23. The zero-order valence-corrected chi connectivity index (χ0v) is 22.4. The number of aliphatic carboxylic acids is 1. The van der Waals surface area contributed by atoms with Gasteiger partial charge in [0.05, 0.1) is 11.1 Å². The number of aryl methyl sites for hydroxylation is 1. The number of hydrogen-bond acceptors (Lipinski definition) is 11. The number of amides is 1. The fraction of sp³-hybridized carbons (Fsp3) is 0.560. The van der Waals surface area contributed by atoms with Gasteiger partial charge in [0.2, 0.25) is 0 Å². The van der Waals surface area contributed by atoms with Crippen LogP contribution in [0.2, 0.25) is 0 Å². The van der Waals surface area contributed by atoms with E-state index in [1.54, 1.807) is 35.1 Å². The number of piperidine rings is 1. The Bertz CT molecular complexity index is 1380. The molecule has 1 amide bonds. The van der Waals surface area contributed by atoms with Crippen molar-refractivity contribution in [2.75, 3.05) is 32.4 Å². The van der Waals surface area contributed by atoms with E-state index >= 15 is 0 Å². The molecule has 3 aromatic heterocycles. The molecule has 5 heterocycles. The van der Waals surface area contributed by atoms with Gasteiger partial charge in [0, 0.05) is 37.6 Å². The van der Waals surface area contributed by atoms with Crippen LogP contribution in [0.5, 0.6) is 0 Å². The van der Waals surface area contributed by atoms with Gasteiger partial charge in [0.15, 0.2) is 12.3 Å². The maximum atomic E-state index is 13.8. The summed E-state index contributed by atoms with van der Waals surface area (Å²) in [6.45, 7) is 1.59. The van der Waals surface area contributed by atoms with E-state index < -0.39 is 42.5 Å². The van der Waals surface area contributed by atoms with E-state index in [9.17, 15) is 24.9 Å². The van der Waals surface area contributed by atoms with Gasteiger partial charge in [-0.2, -0.15) is 5.10 Å². The number of carbonyl (C=O) groups is 2. The summed E-state index contributed by atoms with van der Waals surface area (Å²) in [5, 5.41) is 36.3. The summed E-state index contributed by atoms with van der Waals surface area (Å²) in [6.07, 6.45) is 0.508. The minimum atomic E-state index is -1.55. The summed E-state index contributed by atoms with van der Waals surface area (Å²) in [4.78, 5) is 37.3. The number of aliphatic hydroxyl groups is 2. The van der Waals surface area contributed by atoms with Crippen molar-refractivity contribution in [3.05, 3.63) is 24.8 Å². The third-order valence-corrected chi connectivity index (χ3v) is 7.79. The average molecular weight is 558 g/mol. The lowest BCUT2D eigenvalue weighted by atomic mass is 10.0. The molecule has 0 aromatic carbocycles. The molecule has 0 aliphatic carbocycles. The smallest absolute Gasteiger partial charge is 0.320 e. The van der Waals surface area contributed by atoms with Gasteiger partial charge in [0.25, 0.3) is 5.91 Å². The summed E-state index contributed by atoms with van der Waals surface area (Å²) >= 11 is 0. The highest BCUT2D eigenvalue weighted by atomic mass is 16.6. The lowest BCUT2D eigenvalue weighted by molar-refractivity contribution is -0.152. The lowest BCUT2D eigenvalue weighted by Gasteiger charge is -2.39. The maximum absolute atomic E-state index is 13.8. The second-order valence-corrected chi connectivity index (χ2v) is 10.5. The maximum Gasteiger partial charge on any atom is 0.320 e. The van der Waals surface area contributed by atoms with Crippen LogP contribution in [0.15, 0.2) is 24.8 Å². The van der Waals surface area contributed by atoms with Crippen LogP contribution in [0.3, 0.4) is 0 Å². The van der Waals surface area contributed by atoms with Crippen LogP contribution in [0.4, 0.5) is 5.82 Å². The Morgan fingerprint density at radius 2 is 1.93 bits per heavy atom. The Hall–Kier alpha value is -3.63. The molecule has 15 nitrogen and oxygen atoms in total. The number of ether oxygens (including phenoxy) is 1. The van der Waals surface area contributed by atoms with Gasteiger partial charge in [-0.3, -0.25) is 14.3 Å². The Labute approximate surface area is 229 Å². The SMILES string of the molecule is CN1CCC(N(CC[C@H](N)C(=O)O)C(=O)[C@H]2O[C@@H](n3cc(-c4ccn(C)n4)c4c(N)ncnc43)[C@H](O)[C@@H]2O)CC1. The van der Waals surface area contributed by atoms with E-state index in [4.69, 9.17) is 16.2 Å². The first-order valence-electron chi connectivity index (χ1n) is 13.2. The second-order valence-electron chi connectivity index (χ2n) is 10.5. The monoisotopic (exact) mass is 557 g/mol. The van der Waals surface area contributed by atoms with Gasteiger partial charge < -0.3 is 45.9 Å². The van der Waals surface area contributed by atoms with Gasteiger partial charge in [-0.15, -0.1) is 0 Å². The molecule has 3 aromatic rings. The minimum Gasteiger partial charge on any atom is -0.480 e. The molecule has 2 aliphatic rings. The number of carboxylic acids is 1. The molecule has 0 spiro atoms. The van der Waals surface area contributed by atoms with Crippen molar-refractivity contribution < 1.29 is 29.6 Å². The normalized spacial score (nSPS) is 24.9. The Balaban J connectivity index is 1.45. The van der Waals surface area contributed by atoms with Gasteiger partial charge in [-0.1, -0.05) is 0 Å². The van der Waals surface area contributed by atoms with E-state index in [1.807, 2.05) is 7.05 Å². The largest absolute Gasteiger partial charge is 0.480 e. The Morgan fingerprint density at radius 1 is 1.20 bits per heavy atom. The number of aromatic nitrogens is 5. The third kappa shape index (κ3) is 5.13. The molecule has 216 valence electrons. The summed E-state index contributed by atoms with van der Waals surface area (Å²) in [6, 6.07) is 0.461. The highest BCUT2D eigenvalue weighted by Gasteiger charge is 2.50. The van der Waals surface area contributed by atoms with E-state index in [0.717, 1.165) is 13.1 Å². The predicted molar refractivity (Wildman–Crippen MR) is 143 cm³/mol. The highest BCUT2D eigenvalue weighted by Crippen LogP contribution is 2.38. The van der Waals surface area contributed by atoms with Gasteiger partial charge in [-0.05, 0) is 45.5 Å². The van der Waals surface area contributed by atoms with Crippen molar-refractivity contribution in [2.45, 2.75) is 55.9 Å². The first kappa shape index (κ1) is 27.9. The second kappa shape index (κ2) is 11.1. The molecular weight excluding hydrogens is 522 g/mol. The summed E-state index contributed by atoms with van der Waals surface area (Å²) in [5.41, 5.74) is 13.5. The highest BCUT2D eigenvalue weighted by molar-refractivity contribution is 5.99. The van der Waals surface area contributed by atoms with Crippen LogP contribution >= 0.6 is 0 Å². The third-order valence-electron chi connectivity index (χ3n) is 7.79. The number of anilines is 1. The number of carboxylic acid groups (broad SMARTS) is 1. The van der Waals surface area contributed by atoms with Crippen molar-refractivity contribution in [2.24, 2.45) is 12.8 Å². The van der Waals surface area contributed by atoms with Gasteiger partial charge in [-0.25, -0.2) is 9.97 Å². The number of carbonyl (C=O) groups excluding carboxylic acids is 1. The molecular formula is C25H35N9O6. The molecule has 0 unspecified atom stereocenters. The number of rotatable bonds is 8. The summed E-state index contributed by atoms with van der Waals surface area (Å²) in [7, 11) is 3.77. The first-order valence-corrected chi connectivity index (χ1v) is 13.2. The zero-order chi connectivity index (χ0) is 28.7. The number of hydrogen-bond donors (Lipinski definition) is 5. The topological polar surface area (TPSA) is 211 Å². The van der Waals surface area contributed by atoms with Crippen LogP contribution in [0.25, 0.3) is 22.3 Å². The molecule has 5 atom stereocenters. The molecule has 40 heavy (non-hydrogen) atoms. The molecule has 0 saturated carbocycles.